The Morgan fingerprint density at radius 3 is 2.33 bits per heavy atom. The molecule has 1 saturated carbocycles. The van der Waals surface area contributed by atoms with Gasteiger partial charge in [0.25, 0.3) is 0 Å². The van der Waals surface area contributed by atoms with E-state index < -0.39 is 0 Å². The van der Waals surface area contributed by atoms with Gasteiger partial charge in [0, 0.05) is 11.5 Å². The summed E-state index contributed by atoms with van der Waals surface area (Å²) in [6, 6.07) is 2.14. The fourth-order valence-corrected chi connectivity index (χ4v) is 2.94. The average molecular weight is 270 g/mol. The lowest BCUT2D eigenvalue weighted by Gasteiger charge is -2.24. The molecule has 1 aromatic rings. The molecule has 3 nitrogen and oxygen atoms in total. The van der Waals surface area contributed by atoms with Crippen LogP contribution in [0.3, 0.4) is 0 Å². The summed E-state index contributed by atoms with van der Waals surface area (Å²) in [5, 5.41) is 0.624. The lowest BCUT2D eigenvalue weighted by Crippen LogP contribution is -2.32. The van der Waals surface area contributed by atoms with Crippen molar-refractivity contribution in [1.82, 2.24) is 0 Å². The summed E-state index contributed by atoms with van der Waals surface area (Å²) in [6.07, 6.45) is 2.22. The average Bonchev–Trinajstić information content (AvgIpc) is 3.13. The quantitative estimate of drug-likeness (QED) is 0.914. The summed E-state index contributed by atoms with van der Waals surface area (Å²) < 4.78 is 10.7. The van der Waals surface area contributed by atoms with Crippen LogP contribution in [0.15, 0.2) is 6.07 Å². The van der Waals surface area contributed by atoms with E-state index in [0.29, 0.717) is 16.5 Å². The first kappa shape index (κ1) is 13.5. The third-order valence-electron chi connectivity index (χ3n) is 4.05. The highest BCUT2D eigenvalue weighted by Crippen LogP contribution is 2.54. The first-order valence-electron chi connectivity index (χ1n) is 6.15. The molecule has 0 radical (unpaired) electrons. The summed E-state index contributed by atoms with van der Waals surface area (Å²) in [4.78, 5) is 0. The summed E-state index contributed by atoms with van der Waals surface area (Å²) in [5.41, 5.74) is 8.43. The predicted octanol–water partition coefficient (Wildman–Crippen LogP) is 3.04. The minimum absolute atomic E-state index is 0.0628. The Kier molecular flexibility index (Phi) is 3.47. The summed E-state index contributed by atoms with van der Waals surface area (Å²) in [5.74, 6) is 1.27. The zero-order chi connectivity index (χ0) is 13.5. The van der Waals surface area contributed by atoms with Crippen molar-refractivity contribution in [2.45, 2.75) is 38.1 Å². The Morgan fingerprint density at radius 2 is 1.94 bits per heavy atom. The maximum atomic E-state index is 6.38. The highest BCUT2D eigenvalue weighted by molar-refractivity contribution is 6.33. The molecule has 0 bridgehead atoms. The van der Waals surface area contributed by atoms with E-state index in [1.165, 1.54) is 5.56 Å². The summed E-state index contributed by atoms with van der Waals surface area (Å²) in [6.45, 7) is 4.07. The van der Waals surface area contributed by atoms with Gasteiger partial charge in [-0.1, -0.05) is 11.6 Å². The molecular formula is C14H20ClNO2. The molecular weight excluding hydrogens is 250 g/mol. The fourth-order valence-electron chi connectivity index (χ4n) is 2.67. The number of benzene rings is 1. The molecule has 0 aliphatic heterocycles. The van der Waals surface area contributed by atoms with Gasteiger partial charge >= 0.3 is 0 Å². The zero-order valence-electron chi connectivity index (χ0n) is 11.3. The molecule has 0 spiro atoms. The molecule has 2 rings (SSSR count). The van der Waals surface area contributed by atoms with Crippen LogP contribution in [-0.4, -0.2) is 20.3 Å². The van der Waals surface area contributed by atoms with Crippen molar-refractivity contribution < 1.29 is 9.47 Å². The van der Waals surface area contributed by atoms with Crippen LogP contribution in [-0.2, 0) is 5.41 Å². The second kappa shape index (κ2) is 4.63. The molecule has 0 aromatic heterocycles. The molecule has 1 fully saturated rings. The molecule has 18 heavy (non-hydrogen) atoms. The SMILES string of the molecule is COc1cc(C2(C(C)N)CC2)c(C)c(Cl)c1OC. The Hall–Kier alpha value is -0.930. The Balaban J connectivity index is 2.60. The van der Waals surface area contributed by atoms with E-state index in [0.717, 1.165) is 18.4 Å². The highest BCUT2D eigenvalue weighted by atomic mass is 35.5. The van der Waals surface area contributed by atoms with Crippen LogP contribution in [0.25, 0.3) is 0 Å². The zero-order valence-corrected chi connectivity index (χ0v) is 12.1. The van der Waals surface area contributed by atoms with Gasteiger partial charge in [0.2, 0.25) is 0 Å². The summed E-state index contributed by atoms with van der Waals surface area (Å²) in [7, 11) is 3.22. The molecule has 0 saturated heterocycles. The van der Waals surface area contributed by atoms with E-state index in [1.54, 1.807) is 14.2 Å². The van der Waals surface area contributed by atoms with E-state index in [-0.39, 0.29) is 11.5 Å². The smallest absolute Gasteiger partial charge is 0.179 e. The van der Waals surface area contributed by atoms with Crippen molar-refractivity contribution in [2.75, 3.05) is 14.2 Å². The van der Waals surface area contributed by atoms with Gasteiger partial charge in [0.05, 0.1) is 19.2 Å². The lowest BCUT2D eigenvalue weighted by molar-refractivity contribution is 0.353. The predicted molar refractivity (Wildman–Crippen MR) is 73.9 cm³/mol. The molecule has 1 aliphatic carbocycles. The van der Waals surface area contributed by atoms with Crippen LogP contribution in [0.1, 0.15) is 30.9 Å². The van der Waals surface area contributed by atoms with E-state index in [9.17, 15) is 0 Å². The number of ether oxygens (including phenoxy) is 2. The van der Waals surface area contributed by atoms with Gasteiger partial charge in [0.1, 0.15) is 0 Å². The van der Waals surface area contributed by atoms with Crippen LogP contribution >= 0.6 is 11.6 Å². The monoisotopic (exact) mass is 269 g/mol. The number of methoxy groups -OCH3 is 2. The van der Waals surface area contributed by atoms with Crippen LogP contribution in [0.2, 0.25) is 5.02 Å². The molecule has 1 aromatic carbocycles. The van der Waals surface area contributed by atoms with Crippen LogP contribution < -0.4 is 15.2 Å². The van der Waals surface area contributed by atoms with Gasteiger partial charge in [-0.05, 0) is 43.9 Å². The van der Waals surface area contributed by atoms with Gasteiger partial charge in [0.15, 0.2) is 11.5 Å². The maximum Gasteiger partial charge on any atom is 0.179 e. The lowest BCUT2D eigenvalue weighted by atomic mass is 9.86. The van der Waals surface area contributed by atoms with Gasteiger partial charge < -0.3 is 15.2 Å². The topological polar surface area (TPSA) is 44.5 Å². The molecule has 1 unspecified atom stereocenters. The van der Waals surface area contributed by atoms with Crippen molar-refractivity contribution in [3.63, 3.8) is 0 Å². The Morgan fingerprint density at radius 1 is 1.33 bits per heavy atom. The fraction of sp³-hybridized carbons (Fsp3) is 0.571. The largest absolute Gasteiger partial charge is 0.493 e. The van der Waals surface area contributed by atoms with Crippen molar-refractivity contribution in [1.29, 1.82) is 0 Å². The van der Waals surface area contributed by atoms with Gasteiger partial charge in [-0.15, -0.1) is 0 Å². The van der Waals surface area contributed by atoms with Gasteiger partial charge in [-0.3, -0.25) is 0 Å². The minimum atomic E-state index is 0.0628. The van der Waals surface area contributed by atoms with E-state index in [1.807, 2.05) is 13.0 Å². The third-order valence-corrected chi connectivity index (χ3v) is 4.51. The number of rotatable bonds is 4. The second-order valence-corrected chi connectivity index (χ2v) is 5.42. The van der Waals surface area contributed by atoms with Crippen molar-refractivity contribution >= 4 is 11.6 Å². The van der Waals surface area contributed by atoms with Crippen molar-refractivity contribution in [3.8, 4) is 11.5 Å². The molecule has 2 N–H and O–H groups in total. The van der Waals surface area contributed by atoms with Gasteiger partial charge in [-0.25, -0.2) is 0 Å². The first-order valence-corrected chi connectivity index (χ1v) is 6.53. The van der Waals surface area contributed by atoms with E-state index in [2.05, 4.69) is 6.92 Å². The molecule has 0 heterocycles. The van der Waals surface area contributed by atoms with Crippen molar-refractivity contribution in [3.05, 3.63) is 22.2 Å². The normalized spacial score (nSPS) is 18.3. The second-order valence-electron chi connectivity index (χ2n) is 5.04. The highest BCUT2D eigenvalue weighted by Gasteiger charge is 2.49. The minimum Gasteiger partial charge on any atom is -0.493 e. The molecule has 0 amide bonds. The number of halogens is 1. The number of nitrogens with two attached hydrogens (primary N) is 1. The molecule has 1 atom stereocenters. The maximum absolute atomic E-state index is 6.38. The number of hydrogen-bond acceptors (Lipinski definition) is 3. The molecule has 1 aliphatic rings. The van der Waals surface area contributed by atoms with Crippen LogP contribution in [0.4, 0.5) is 0 Å². The first-order chi connectivity index (χ1) is 8.47. The summed E-state index contributed by atoms with van der Waals surface area (Å²) >= 11 is 6.38. The van der Waals surface area contributed by atoms with Crippen LogP contribution in [0.5, 0.6) is 11.5 Å². The standard InChI is InChI=1S/C14H20ClNO2/c1-8-10(14(5-6-14)9(2)16)7-11(17-3)13(18-4)12(8)15/h7,9H,5-6,16H2,1-4H3. The molecule has 100 valence electrons. The third kappa shape index (κ3) is 1.86. The van der Waals surface area contributed by atoms with Crippen LogP contribution in [0, 0.1) is 6.92 Å². The van der Waals surface area contributed by atoms with E-state index in [4.69, 9.17) is 26.8 Å². The Bertz CT molecular complexity index is 467. The number of hydrogen-bond donors (Lipinski definition) is 1. The Labute approximate surface area is 113 Å². The molecule has 4 heteroatoms. The van der Waals surface area contributed by atoms with Crippen molar-refractivity contribution in [2.24, 2.45) is 5.73 Å². The van der Waals surface area contributed by atoms with E-state index >= 15 is 0 Å². The van der Waals surface area contributed by atoms with Gasteiger partial charge in [-0.2, -0.15) is 0 Å².